The first kappa shape index (κ1) is 27.0. The summed E-state index contributed by atoms with van der Waals surface area (Å²) in [5.41, 5.74) is 1.79. The zero-order valence-electron chi connectivity index (χ0n) is 21.9. The van der Waals surface area contributed by atoms with Crippen molar-refractivity contribution in [1.82, 2.24) is 19.7 Å². The van der Waals surface area contributed by atoms with Gasteiger partial charge in [-0.3, -0.25) is 9.59 Å². The Hall–Kier alpha value is -5.16. The quantitative estimate of drug-likeness (QED) is 0.233. The van der Waals surface area contributed by atoms with E-state index in [0.717, 1.165) is 50.8 Å². The molecule has 7 nitrogen and oxygen atoms in total. The third kappa shape index (κ3) is 5.06. The van der Waals surface area contributed by atoms with Crippen LogP contribution < -0.4 is 10.9 Å². The molecule has 0 unspecified atom stereocenters. The van der Waals surface area contributed by atoms with E-state index >= 15 is 0 Å². The Morgan fingerprint density at radius 3 is 2.38 bits per heavy atom. The maximum Gasteiger partial charge on any atom is 0.418 e. The van der Waals surface area contributed by atoms with Gasteiger partial charge in [0.1, 0.15) is 11.2 Å². The Morgan fingerprint density at radius 1 is 0.905 bits per heavy atom. The van der Waals surface area contributed by atoms with Gasteiger partial charge >= 0.3 is 6.18 Å². The molecule has 0 aliphatic rings. The normalized spacial score (nSPS) is 11.5. The summed E-state index contributed by atoms with van der Waals surface area (Å²) in [6, 6.07) is 22.6. The van der Waals surface area contributed by atoms with Gasteiger partial charge in [-0.2, -0.15) is 23.0 Å². The Morgan fingerprint density at radius 2 is 1.62 bits per heavy atom. The Balaban J connectivity index is 1.30. The lowest BCUT2D eigenvalue weighted by Crippen LogP contribution is -2.28. The monoisotopic (exact) mass is 583 g/mol. The van der Waals surface area contributed by atoms with Crippen LogP contribution in [0.15, 0.2) is 101 Å². The number of hydrogen-bond acceptors (Lipinski definition) is 6. The fourth-order valence-electron chi connectivity index (χ4n) is 4.71. The second kappa shape index (κ2) is 10.7. The van der Waals surface area contributed by atoms with Crippen LogP contribution in [-0.4, -0.2) is 25.7 Å². The van der Waals surface area contributed by atoms with Crippen LogP contribution in [0.3, 0.4) is 0 Å². The van der Waals surface area contributed by atoms with Gasteiger partial charge in [0.25, 0.3) is 11.5 Å². The van der Waals surface area contributed by atoms with Crippen molar-refractivity contribution in [2.45, 2.75) is 13.1 Å². The maximum atomic E-state index is 13.6. The van der Waals surface area contributed by atoms with Crippen molar-refractivity contribution in [3.8, 4) is 28.1 Å². The molecule has 208 valence electrons. The van der Waals surface area contributed by atoms with Gasteiger partial charge in [0, 0.05) is 22.7 Å². The van der Waals surface area contributed by atoms with Crippen LogP contribution in [-0.2, 0) is 6.18 Å². The molecule has 0 aliphatic heterocycles. The van der Waals surface area contributed by atoms with Crippen LogP contribution in [0.4, 0.5) is 18.9 Å². The van der Waals surface area contributed by atoms with Gasteiger partial charge in [0.2, 0.25) is 0 Å². The van der Waals surface area contributed by atoms with Crippen molar-refractivity contribution in [1.29, 1.82) is 0 Å². The largest absolute Gasteiger partial charge is 0.418 e. The first-order valence-electron chi connectivity index (χ1n) is 12.7. The topological polar surface area (TPSA) is 89.8 Å². The average molecular weight is 584 g/mol. The average Bonchev–Trinajstić information content (AvgIpc) is 3.47. The van der Waals surface area contributed by atoms with Crippen molar-refractivity contribution in [3.05, 3.63) is 124 Å². The molecule has 0 atom stereocenters. The van der Waals surface area contributed by atoms with Gasteiger partial charge in [0.15, 0.2) is 5.69 Å². The summed E-state index contributed by atoms with van der Waals surface area (Å²) in [5.74, 6) is -0.667. The molecule has 42 heavy (non-hydrogen) atoms. The highest BCUT2D eigenvalue weighted by Gasteiger charge is 2.34. The molecular weight excluding hydrogens is 563 g/mol. The fourth-order valence-corrected chi connectivity index (χ4v) is 5.44. The highest BCUT2D eigenvalue weighted by atomic mass is 32.1. The molecule has 0 bridgehead atoms. The number of para-hydroxylation sites is 1. The number of alkyl halides is 3. The van der Waals surface area contributed by atoms with Gasteiger partial charge in [-0.05, 0) is 59.3 Å². The van der Waals surface area contributed by atoms with Gasteiger partial charge in [-0.25, -0.2) is 9.97 Å². The lowest BCUT2D eigenvalue weighted by atomic mass is 9.96. The van der Waals surface area contributed by atoms with Crippen LogP contribution in [0.25, 0.3) is 38.3 Å². The number of aromatic nitrogens is 4. The molecule has 3 aromatic carbocycles. The van der Waals surface area contributed by atoms with E-state index < -0.39 is 28.9 Å². The number of nitrogens with zero attached hydrogens (tertiary/aromatic N) is 4. The number of aryl methyl sites for hydroxylation is 1. The third-order valence-electron chi connectivity index (χ3n) is 6.67. The Labute approximate surface area is 241 Å². The standard InChI is InChI=1S/C31H20F3N5O2S/c1-18-16-26(40)39(25-9-5-4-8-24(25)31(32,33)34)38-27(18)29(41)37-20-12-10-19(11-13-20)21-6-2-3-7-22(21)28-23-14-15-42-30(23)36-17-35-28/h2-17H,1H3,(H,37,41). The fraction of sp³-hybridized carbons (Fsp3) is 0.0645. The van der Waals surface area contributed by atoms with Crippen LogP contribution in [0.1, 0.15) is 21.6 Å². The minimum absolute atomic E-state index is 0.176. The second-order valence-electron chi connectivity index (χ2n) is 9.38. The molecule has 3 aromatic heterocycles. The molecule has 1 N–H and O–H groups in total. The Kier molecular flexibility index (Phi) is 6.87. The van der Waals surface area contributed by atoms with Gasteiger partial charge in [-0.1, -0.05) is 48.5 Å². The number of hydrogen-bond donors (Lipinski definition) is 1. The van der Waals surface area contributed by atoms with E-state index in [1.807, 2.05) is 47.8 Å². The lowest BCUT2D eigenvalue weighted by Gasteiger charge is -2.15. The molecule has 0 radical (unpaired) electrons. The summed E-state index contributed by atoms with van der Waals surface area (Å²) < 4.78 is 41.4. The van der Waals surface area contributed by atoms with Crippen LogP contribution in [0.2, 0.25) is 0 Å². The highest BCUT2D eigenvalue weighted by molar-refractivity contribution is 7.16. The molecule has 1 amide bonds. The smallest absolute Gasteiger partial charge is 0.321 e. The summed E-state index contributed by atoms with van der Waals surface area (Å²) in [7, 11) is 0. The summed E-state index contributed by atoms with van der Waals surface area (Å²) in [6.45, 7) is 1.50. The van der Waals surface area contributed by atoms with Crippen molar-refractivity contribution < 1.29 is 18.0 Å². The number of rotatable bonds is 5. The molecule has 0 spiro atoms. The maximum absolute atomic E-state index is 13.6. The molecule has 11 heteroatoms. The van der Waals surface area contributed by atoms with Gasteiger partial charge < -0.3 is 5.32 Å². The number of anilines is 1. The van der Waals surface area contributed by atoms with Crippen LogP contribution >= 0.6 is 11.3 Å². The Bertz CT molecular complexity index is 2020. The number of nitrogens with one attached hydrogen (secondary N) is 1. The first-order chi connectivity index (χ1) is 20.2. The molecule has 0 fully saturated rings. The third-order valence-corrected chi connectivity index (χ3v) is 7.49. The van der Waals surface area contributed by atoms with E-state index in [0.29, 0.717) is 10.4 Å². The molecule has 6 rings (SSSR count). The number of fused-ring (bicyclic) bond motifs is 1. The molecule has 6 aromatic rings. The van der Waals surface area contributed by atoms with Crippen molar-refractivity contribution >= 4 is 33.1 Å². The number of carbonyl (C=O) groups excluding carboxylic acids is 1. The zero-order chi connectivity index (χ0) is 29.4. The molecule has 0 saturated heterocycles. The number of halogens is 3. The van der Waals surface area contributed by atoms with E-state index in [-0.39, 0.29) is 11.3 Å². The summed E-state index contributed by atoms with van der Waals surface area (Å²) in [4.78, 5) is 35.5. The molecule has 0 aliphatic carbocycles. The predicted octanol–water partition coefficient (Wildman–Crippen LogP) is 7.15. The molecule has 0 saturated carbocycles. The number of thiophene rings is 1. The number of benzene rings is 3. The summed E-state index contributed by atoms with van der Waals surface area (Å²) in [5, 5.41) is 9.69. The van der Waals surface area contributed by atoms with Crippen molar-refractivity contribution in [2.75, 3.05) is 5.32 Å². The zero-order valence-corrected chi connectivity index (χ0v) is 22.7. The van der Waals surface area contributed by atoms with E-state index in [9.17, 15) is 22.8 Å². The van der Waals surface area contributed by atoms with E-state index in [4.69, 9.17) is 0 Å². The van der Waals surface area contributed by atoms with Crippen LogP contribution in [0, 0.1) is 6.92 Å². The van der Waals surface area contributed by atoms with E-state index in [2.05, 4.69) is 20.4 Å². The highest BCUT2D eigenvalue weighted by Crippen LogP contribution is 2.36. The van der Waals surface area contributed by atoms with Gasteiger partial charge in [0.05, 0.1) is 16.9 Å². The van der Waals surface area contributed by atoms with Gasteiger partial charge in [-0.15, -0.1) is 11.3 Å². The predicted molar refractivity (Wildman–Crippen MR) is 156 cm³/mol. The minimum atomic E-state index is -4.71. The summed E-state index contributed by atoms with van der Waals surface area (Å²) >= 11 is 1.54. The van der Waals surface area contributed by atoms with E-state index in [1.54, 1.807) is 29.8 Å². The summed E-state index contributed by atoms with van der Waals surface area (Å²) in [6.07, 6.45) is -3.17. The number of carbonyl (C=O) groups is 1. The van der Waals surface area contributed by atoms with Crippen LogP contribution in [0.5, 0.6) is 0 Å². The SMILES string of the molecule is Cc1cc(=O)n(-c2ccccc2C(F)(F)F)nc1C(=O)Nc1ccc(-c2ccccc2-c2ncnc3sccc23)cc1. The van der Waals surface area contributed by atoms with E-state index in [1.165, 1.54) is 19.1 Å². The second-order valence-corrected chi connectivity index (χ2v) is 10.3. The van der Waals surface area contributed by atoms with Crippen molar-refractivity contribution in [3.63, 3.8) is 0 Å². The molecule has 3 heterocycles. The van der Waals surface area contributed by atoms with Crippen molar-refractivity contribution in [2.24, 2.45) is 0 Å². The first-order valence-corrected chi connectivity index (χ1v) is 13.6. The minimum Gasteiger partial charge on any atom is -0.321 e. The number of amides is 1. The molecular formula is C31H20F3N5O2S. The lowest BCUT2D eigenvalue weighted by molar-refractivity contribution is -0.137.